The van der Waals surface area contributed by atoms with Crippen molar-refractivity contribution in [2.45, 2.75) is 97.5 Å². The van der Waals surface area contributed by atoms with Gasteiger partial charge in [0.2, 0.25) is 0 Å². The molecule has 0 unspecified atom stereocenters. The van der Waals surface area contributed by atoms with Gasteiger partial charge in [0, 0.05) is 16.7 Å². The number of aryl methyl sites for hydroxylation is 1. The van der Waals surface area contributed by atoms with Crippen molar-refractivity contribution in [1.82, 2.24) is 0 Å². The summed E-state index contributed by atoms with van der Waals surface area (Å²) in [4.78, 5) is 11.7. The number of hydrogen-bond donors (Lipinski definition) is 0. The van der Waals surface area contributed by atoms with Gasteiger partial charge in [0.25, 0.3) is 0 Å². The molecule has 0 atom stereocenters. The SMILES string of the molecule is CCCCCCc1cc2c(cc1C#Cc1ccc(CC(=O)OCC)cc1)C(C)(C)CC(C)(C)O2. The van der Waals surface area contributed by atoms with Crippen LogP contribution in [0.15, 0.2) is 36.4 Å². The summed E-state index contributed by atoms with van der Waals surface area (Å²) in [7, 11) is 0. The molecule has 3 heteroatoms. The van der Waals surface area contributed by atoms with Gasteiger partial charge in [-0.05, 0) is 80.8 Å². The minimum absolute atomic E-state index is 0.0308. The molecule has 3 rings (SSSR count). The lowest BCUT2D eigenvalue weighted by Gasteiger charge is -2.42. The van der Waals surface area contributed by atoms with Crippen molar-refractivity contribution in [1.29, 1.82) is 0 Å². The van der Waals surface area contributed by atoms with Gasteiger partial charge >= 0.3 is 5.97 Å². The minimum Gasteiger partial charge on any atom is -0.488 e. The minimum atomic E-state index is -0.198. The molecule has 0 saturated carbocycles. The molecule has 1 aliphatic rings. The van der Waals surface area contributed by atoms with Crippen LogP contribution in [-0.4, -0.2) is 18.2 Å². The third-order valence-electron chi connectivity index (χ3n) is 6.44. The maximum atomic E-state index is 11.7. The van der Waals surface area contributed by atoms with Crippen molar-refractivity contribution >= 4 is 5.97 Å². The topological polar surface area (TPSA) is 35.5 Å². The molecule has 0 aliphatic carbocycles. The van der Waals surface area contributed by atoms with Gasteiger partial charge in [-0.1, -0.05) is 64.0 Å². The first-order chi connectivity index (χ1) is 16.1. The first-order valence-corrected chi connectivity index (χ1v) is 12.8. The van der Waals surface area contributed by atoms with E-state index in [2.05, 4.69) is 58.6 Å². The van der Waals surface area contributed by atoms with Crippen LogP contribution in [0, 0.1) is 11.8 Å². The molecular formula is C31H40O3. The number of ether oxygens (including phenoxy) is 2. The highest BCUT2D eigenvalue weighted by Gasteiger charge is 2.39. The van der Waals surface area contributed by atoms with Crippen LogP contribution < -0.4 is 4.74 Å². The first kappa shape index (κ1) is 25.9. The van der Waals surface area contributed by atoms with Crippen molar-refractivity contribution in [3.63, 3.8) is 0 Å². The molecule has 0 N–H and O–H groups in total. The Balaban J connectivity index is 1.89. The Labute approximate surface area is 206 Å². The third kappa shape index (κ3) is 6.89. The normalized spacial score (nSPS) is 15.5. The van der Waals surface area contributed by atoms with E-state index >= 15 is 0 Å². The Hall–Kier alpha value is -2.73. The molecule has 2 aromatic carbocycles. The Morgan fingerprint density at radius 2 is 1.74 bits per heavy atom. The van der Waals surface area contributed by atoms with Gasteiger partial charge < -0.3 is 9.47 Å². The molecule has 0 spiro atoms. The monoisotopic (exact) mass is 460 g/mol. The van der Waals surface area contributed by atoms with Crippen molar-refractivity contribution in [2.24, 2.45) is 0 Å². The Bertz CT molecular complexity index is 1050. The highest BCUT2D eigenvalue weighted by Crippen LogP contribution is 2.45. The summed E-state index contributed by atoms with van der Waals surface area (Å²) < 4.78 is 11.5. The number of esters is 1. The fourth-order valence-electron chi connectivity index (χ4n) is 5.02. The maximum absolute atomic E-state index is 11.7. The molecule has 0 amide bonds. The van der Waals surface area contributed by atoms with Gasteiger partial charge in [-0.25, -0.2) is 0 Å². The predicted molar refractivity (Wildman–Crippen MR) is 139 cm³/mol. The number of carbonyl (C=O) groups is 1. The van der Waals surface area contributed by atoms with Gasteiger partial charge in [0.05, 0.1) is 13.0 Å². The summed E-state index contributed by atoms with van der Waals surface area (Å²) in [6.45, 7) is 13.4. The number of rotatable bonds is 8. The van der Waals surface area contributed by atoms with Crippen molar-refractivity contribution in [3.05, 3.63) is 64.2 Å². The zero-order valence-electron chi connectivity index (χ0n) is 21.8. The van der Waals surface area contributed by atoms with Crippen molar-refractivity contribution in [2.75, 3.05) is 6.61 Å². The summed E-state index contributed by atoms with van der Waals surface area (Å²) in [5.74, 6) is 7.63. The fourth-order valence-corrected chi connectivity index (χ4v) is 5.02. The van der Waals surface area contributed by atoms with E-state index in [1.165, 1.54) is 30.4 Å². The van der Waals surface area contributed by atoms with E-state index < -0.39 is 0 Å². The molecule has 1 aliphatic heterocycles. The van der Waals surface area contributed by atoms with E-state index in [1.807, 2.05) is 31.2 Å². The zero-order chi connectivity index (χ0) is 24.8. The second-order valence-electron chi connectivity index (χ2n) is 10.7. The molecule has 1 heterocycles. The maximum Gasteiger partial charge on any atom is 0.310 e. The highest BCUT2D eigenvalue weighted by atomic mass is 16.5. The van der Waals surface area contributed by atoms with Crippen molar-refractivity contribution in [3.8, 4) is 17.6 Å². The van der Waals surface area contributed by atoms with E-state index in [9.17, 15) is 4.79 Å². The average Bonchev–Trinajstić information content (AvgIpc) is 2.75. The molecule has 0 fully saturated rings. The summed E-state index contributed by atoms with van der Waals surface area (Å²) >= 11 is 0. The standard InChI is InChI=1S/C31H40O3/c1-7-9-10-11-12-25-21-28-27(30(3,4)22-31(5,6)34-28)20-26(25)18-17-23-13-15-24(16-14-23)19-29(32)33-8-2/h13-16,20-21H,7-12,19,22H2,1-6H3. The lowest BCUT2D eigenvalue weighted by molar-refractivity contribution is -0.142. The first-order valence-electron chi connectivity index (χ1n) is 12.8. The van der Waals surface area contributed by atoms with Crippen LogP contribution in [0.5, 0.6) is 5.75 Å². The van der Waals surface area contributed by atoms with Crippen LogP contribution in [0.2, 0.25) is 0 Å². The van der Waals surface area contributed by atoms with Crippen LogP contribution in [0.25, 0.3) is 0 Å². The number of carbonyl (C=O) groups excluding carboxylic acids is 1. The quantitative estimate of drug-likeness (QED) is 0.238. The second-order valence-corrected chi connectivity index (χ2v) is 10.7. The number of unbranched alkanes of at least 4 members (excludes halogenated alkanes) is 3. The Kier molecular flexibility index (Phi) is 8.47. The van der Waals surface area contributed by atoms with E-state index in [1.54, 1.807) is 0 Å². The number of fused-ring (bicyclic) bond motifs is 1. The molecule has 0 radical (unpaired) electrons. The zero-order valence-corrected chi connectivity index (χ0v) is 21.8. The van der Waals surface area contributed by atoms with Crippen LogP contribution in [0.3, 0.4) is 0 Å². The molecular weight excluding hydrogens is 420 g/mol. The summed E-state index contributed by atoms with van der Waals surface area (Å²) in [5, 5.41) is 0. The lowest BCUT2D eigenvalue weighted by atomic mass is 9.73. The van der Waals surface area contributed by atoms with Gasteiger partial charge in [-0.15, -0.1) is 0 Å². The Morgan fingerprint density at radius 1 is 1.00 bits per heavy atom. The average molecular weight is 461 g/mol. The van der Waals surface area contributed by atoms with E-state index in [4.69, 9.17) is 9.47 Å². The molecule has 34 heavy (non-hydrogen) atoms. The summed E-state index contributed by atoms with van der Waals surface area (Å²) in [6.07, 6.45) is 7.17. The highest BCUT2D eigenvalue weighted by molar-refractivity contribution is 5.72. The number of benzene rings is 2. The van der Waals surface area contributed by atoms with E-state index in [-0.39, 0.29) is 17.0 Å². The largest absolute Gasteiger partial charge is 0.488 e. The van der Waals surface area contributed by atoms with Crippen LogP contribution in [-0.2, 0) is 27.8 Å². The Morgan fingerprint density at radius 3 is 2.41 bits per heavy atom. The van der Waals surface area contributed by atoms with Gasteiger partial charge in [0.15, 0.2) is 0 Å². The van der Waals surface area contributed by atoms with Gasteiger partial charge in [-0.3, -0.25) is 4.79 Å². The molecule has 0 bridgehead atoms. The fraction of sp³-hybridized carbons (Fsp3) is 0.516. The summed E-state index contributed by atoms with van der Waals surface area (Å²) in [6, 6.07) is 12.4. The molecule has 0 saturated heterocycles. The van der Waals surface area contributed by atoms with Crippen LogP contribution >= 0.6 is 0 Å². The smallest absolute Gasteiger partial charge is 0.310 e. The molecule has 3 nitrogen and oxygen atoms in total. The molecule has 2 aromatic rings. The van der Waals surface area contributed by atoms with Gasteiger partial charge in [-0.2, -0.15) is 0 Å². The molecule has 0 aromatic heterocycles. The van der Waals surface area contributed by atoms with Crippen LogP contribution in [0.4, 0.5) is 0 Å². The predicted octanol–water partition coefficient (Wildman–Crippen LogP) is 7.15. The lowest BCUT2D eigenvalue weighted by Crippen LogP contribution is -2.41. The van der Waals surface area contributed by atoms with E-state index in [0.29, 0.717) is 13.0 Å². The summed E-state index contributed by atoms with van der Waals surface area (Å²) in [5.41, 5.74) is 5.36. The third-order valence-corrected chi connectivity index (χ3v) is 6.44. The number of hydrogen-bond acceptors (Lipinski definition) is 3. The van der Waals surface area contributed by atoms with Crippen LogP contribution in [0.1, 0.15) is 101 Å². The van der Waals surface area contributed by atoms with Gasteiger partial charge in [0.1, 0.15) is 11.4 Å². The van der Waals surface area contributed by atoms with Crippen molar-refractivity contribution < 1.29 is 14.3 Å². The molecule has 182 valence electrons. The van der Waals surface area contributed by atoms with E-state index in [0.717, 1.165) is 41.7 Å². The second kappa shape index (κ2) is 11.1.